The molecule has 6 nitrogen and oxygen atoms in total. The van der Waals surface area contributed by atoms with E-state index in [1.165, 1.54) is 0 Å². The van der Waals surface area contributed by atoms with Crippen LogP contribution in [0, 0.1) is 3.57 Å². The number of benzene rings is 2. The third-order valence-corrected chi connectivity index (χ3v) is 4.91. The van der Waals surface area contributed by atoms with Gasteiger partial charge in [-0.05, 0) is 71.2 Å². The third-order valence-electron chi connectivity index (χ3n) is 3.77. The molecule has 0 bridgehead atoms. The second-order valence-electron chi connectivity index (χ2n) is 5.70. The number of carbonyl (C=O) groups excluding carboxylic acids is 2. The Balaban J connectivity index is 1.65. The van der Waals surface area contributed by atoms with Crippen LogP contribution in [0.5, 0.6) is 0 Å². The summed E-state index contributed by atoms with van der Waals surface area (Å²) in [7, 11) is 0. The normalized spacial score (nSPS) is 10.2. The molecule has 0 spiro atoms. The molecule has 0 atom stereocenters. The van der Waals surface area contributed by atoms with Crippen LogP contribution in [0.4, 0.5) is 5.69 Å². The van der Waals surface area contributed by atoms with E-state index in [-0.39, 0.29) is 23.5 Å². The SMILES string of the molecule is O=C(NC(=S)Nc1ccccc1C(=O)NCc1ccco1)c1ccccc1I. The average Bonchev–Trinajstić information content (AvgIpc) is 3.20. The molecular weight excluding hydrogens is 489 g/mol. The fourth-order valence-electron chi connectivity index (χ4n) is 2.44. The van der Waals surface area contributed by atoms with Gasteiger partial charge in [0.15, 0.2) is 5.11 Å². The number of carbonyl (C=O) groups is 2. The van der Waals surface area contributed by atoms with Gasteiger partial charge in [-0.3, -0.25) is 14.9 Å². The van der Waals surface area contributed by atoms with Crippen LogP contribution in [-0.4, -0.2) is 16.9 Å². The summed E-state index contributed by atoms with van der Waals surface area (Å²) in [6.07, 6.45) is 1.55. The highest BCUT2D eigenvalue weighted by molar-refractivity contribution is 14.1. The molecule has 8 heteroatoms. The van der Waals surface area contributed by atoms with Crippen LogP contribution >= 0.6 is 34.8 Å². The van der Waals surface area contributed by atoms with Crippen molar-refractivity contribution in [1.82, 2.24) is 10.6 Å². The lowest BCUT2D eigenvalue weighted by molar-refractivity contribution is 0.0947. The summed E-state index contributed by atoms with van der Waals surface area (Å²) in [5.41, 5.74) is 1.42. The second-order valence-corrected chi connectivity index (χ2v) is 7.27. The first kappa shape index (κ1) is 20.0. The van der Waals surface area contributed by atoms with Gasteiger partial charge in [0.1, 0.15) is 5.76 Å². The number of rotatable bonds is 5. The maximum Gasteiger partial charge on any atom is 0.258 e. The van der Waals surface area contributed by atoms with Crippen molar-refractivity contribution in [2.24, 2.45) is 0 Å². The summed E-state index contributed by atoms with van der Waals surface area (Å²) in [5.74, 6) is 0.0486. The van der Waals surface area contributed by atoms with Gasteiger partial charge in [-0.25, -0.2) is 0 Å². The molecule has 142 valence electrons. The standard InChI is InChI=1S/C20H16IN3O3S/c21-16-9-3-1-7-14(16)19(26)24-20(28)23-17-10-4-2-8-15(17)18(25)22-12-13-6-5-11-27-13/h1-11H,12H2,(H,22,25)(H2,23,24,26,28). The molecule has 28 heavy (non-hydrogen) atoms. The minimum atomic E-state index is -0.317. The van der Waals surface area contributed by atoms with Gasteiger partial charge >= 0.3 is 0 Å². The van der Waals surface area contributed by atoms with Crippen LogP contribution in [0.25, 0.3) is 0 Å². The monoisotopic (exact) mass is 505 g/mol. The average molecular weight is 505 g/mol. The number of nitrogens with one attached hydrogen (secondary N) is 3. The number of halogens is 1. The molecule has 1 heterocycles. The van der Waals surface area contributed by atoms with Gasteiger partial charge in [-0.2, -0.15) is 0 Å². The Hall–Kier alpha value is -2.72. The fraction of sp³-hybridized carbons (Fsp3) is 0.0500. The van der Waals surface area contributed by atoms with E-state index in [2.05, 4.69) is 38.5 Å². The third kappa shape index (κ3) is 5.17. The quantitative estimate of drug-likeness (QED) is 0.362. The summed E-state index contributed by atoms with van der Waals surface area (Å²) in [5, 5.41) is 8.45. The molecule has 3 rings (SSSR count). The first-order valence-electron chi connectivity index (χ1n) is 8.31. The van der Waals surface area contributed by atoms with E-state index < -0.39 is 0 Å². The number of hydrogen-bond donors (Lipinski definition) is 3. The molecule has 0 radical (unpaired) electrons. The van der Waals surface area contributed by atoms with E-state index in [9.17, 15) is 9.59 Å². The van der Waals surface area contributed by atoms with Crippen molar-refractivity contribution in [1.29, 1.82) is 0 Å². The van der Waals surface area contributed by atoms with E-state index in [0.717, 1.165) is 3.57 Å². The topological polar surface area (TPSA) is 83.4 Å². The van der Waals surface area contributed by atoms with Crippen LogP contribution < -0.4 is 16.0 Å². The Labute approximate surface area is 180 Å². The summed E-state index contributed by atoms with van der Waals surface area (Å²) in [6, 6.07) is 17.6. The zero-order valence-corrected chi connectivity index (χ0v) is 17.5. The molecule has 0 unspecified atom stereocenters. The molecule has 2 amide bonds. The van der Waals surface area contributed by atoms with Crippen molar-refractivity contribution < 1.29 is 14.0 Å². The molecule has 0 aliphatic rings. The first-order chi connectivity index (χ1) is 13.5. The Bertz CT molecular complexity index is 1010. The van der Waals surface area contributed by atoms with E-state index in [4.69, 9.17) is 16.6 Å². The van der Waals surface area contributed by atoms with E-state index in [1.54, 1.807) is 54.8 Å². The predicted molar refractivity (Wildman–Crippen MR) is 119 cm³/mol. The van der Waals surface area contributed by atoms with E-state index in [1.807, 2.05) is 12.1 Å². The van der Waals surface area contributed by atoms with Crippen LogP contribution in [0.3, 0.4) is 0 Å². The van der Waals surface area contributed by atoms with Crippen LogP contribution in [0.15, 0.2) is 71.3 Å². The molecule has 2 aromatic carbocycles. The van der Waals surface area contributed by atoms with Gasteiger partial charge in [0, 0.05) is 3.57 Å². The molecule has 3 aromatic rings. The van der Waals surface area contributed by atoms with E-state index in [0.29, 0.717) is 22.6 Å². The van der Waals surface area contributed by atoms with Gasteiger partial charge in [-0.15, -0.1) is 0 Å². The summed E-state index contributed by atoms with van der Waals surface area (Å²) in [4.78, 5) is 24.9. The van der Waals surface area contributed by atoms with Crippen LogP contribution in [0.1, 0.15) is 26.5 Å². The first-order valence-corrected chi connectivity index (χ1v) is 9.80. The molecule has 0 saturated heterocycles. The van der Waals surface area contributed by atoms with Crippen molar-refractivity contribution in [2.45, 2.75) is 6.54 Å². The Kier molecular flexibility index (Phi) is 6.77. The van der Waals surface area contributed by atoms with Gasteiger partial charge in [-0.1, -0.05) is 24.3 Å². The molecule has 0 fully saturated rings. The molecule has 0 saturated carbocycles. The summed E-state index contributed by atoms with van der Waals surface area (Å²) < 4.78 is 6.03. The maximum absolute atomic E-state index is 12.5. The lowest BCUT2D eigenvalue weighted by Gasteiger charge is -2.13. The number of anilines is 1. The number of para-hydroxylation sites is 1. The number of thiocarbonyl (C=S) groups is 1. The highest BCUT2D eigenvalue weighted by atomic mass is 127. The van der Waals surface area contributed by atoms with Crippen molar-refractivity contribution >= 4 is 57.4 Å². The lowest BCUT2D eigenvalue weighted by atomic mass is 10.1. The minimum Gasteiger partial charge on any atom is -0.467 e. The Morgan fingerprint density at radius 3 is 2.36 bits per heavy atom. The van der Waals surface area contributed by atoms with Gasteiger partial charge in [0.05, 0.1) is 29.6 Å². The van der Waals surface area contributed by atoms with Crippen LogP contribution in [-0.2, 0) is 6.54 Å². The predicted octanol–water partition coefficient (Wildman–Crippen LogP) is 3.94. The molecule has 3 N–H and O–H groups in total. The van der Waals surface area contributed by atoms with Gasteiger partial charge in [0.25, 0.3) is 11.8 Å². The summed E-state index contributed by atoms with van der Waals surface area (Å²) >= 11 is 7.33. The zero-order chi connectivity index (χ0) is 19.9. The highest BCUT2D eigenvalue weighted by Gasteiger charge is 2.14. The number of furan rings is 1. The van der Waals surface area contributed by atoms with E-state index >= 15 is 0 Å². The molecule has 1 aromatic heterocycles. The Morgan fingerprint density at radius 1 is 0.929 bits per heavy atom. The minimum absolute atomic E-state index is 0.107. The molecule has 0 aliphatic carbocycles. The summed E-state index contributed by atoms with van der Waals surface area (Å²) in [6.45, 7) is 0.272. The molecular formula is C20H16IN3O3S. The van der Waals surface area contributed by atoms with Crippen molar-refractivity contribution in [3.05, 3.63) is 87.4 Å². The lowest BCUT2D eigenvalue weighted by Crippen LogP contribution is -2.35. The van der Waals surface area contributed by atoms with Crippen molar-refractivity contribution in [3.8, 4) is 0 Å². The highest BCUT2D eigenvalue weighted by Crippen LogP contribution is 2.16. The number of hydrogen-bond acceptors (Lipinski definition) is 4. The van der Waals surface area contributed by atoms with Crippen LogP contribution in [0.2, 0.25) is 0 Å². The largest absolute Gasteiger partial charge is 0.467 e. The Morgan fingerprint density at radius 2 is 1.64 bits per heavy atom. The second kappa shape index (κ2) is 9.47. The van der Waals surface area contributed by atoms with Crippen molar-refractivity contribution in [2.75, 3.05) is 5.32 Å². The molecule has 0 aliphatic heterocycles. The smallest absolute Gasteiger partial charge is 0.258 e. The van der Waals surface area contributed by atoms with Gasteiger partial charge in [0.2, 0.25) is 0 Å². The zero-order valence-electron chi connectivity index (χ0n) is 14.6. The number of amides is 2. The van der Waals surface area contributed by atoms with Gasteiger partial charge < -0.3 is 15.1 Å². The maximum atomic E-state index is 12.5. The fourth-order valence-corrected chi connectivity index (χ4v) is 3.27. The van der Waals surface area contributed by atoms with Crippen molar-refractivity contribution in [3.63, 3.8) is 0 Å².